The van der Waals surface area contributed by atoms with E-state index in [-0.39, 0.29) is 6.09 Å². The molecule has 0 N–H and O–H groups in total. The molecule has 0 aromatic heterocycles. The van der Waals surface area contributed by atoms with Crippen LogP contribution in [0.4, 0.5) is 4.79 Å². The van der Waals surface area contributed by atoms with Gasteiger partial charge in [0.1, 0.15) is 0 Å². The molecule has 2 saturated heterocycles. The van der Waals surface area contributed by atoms with Gasteiger partial charge in [0.05, 0.1) is 6.61 Å². The highest BCUT2D eigenvalue weighted by atomic mass is 16.6. The molecule has 2 rings (SSSR count). The summed E-state index contributed by atoms with van der Waals surface area (Å²) in [6.07, 6.45) is 6.78. The van der Waals surface area contributed by atoms with Crippen LogP contribution < -0.4 is 0 Å². The zero-order valence-corrected chi connectivity index (χ0v) is 10.4. The van der Waals surface area contributed by atoms with Gasteiger partial charge < -0.3 is 9.64 Å². The van der Waals surface area contributed by atoms with Crippen molar-refractivity contribution in [2.75, 3.05) is 6.61 Å². The van der Waals surface area contributed by atoms with Crippen LogP contribution in [0.1, 0.15) is 52.4 Å². The van der Waals surface area contributed by atoms with Crippen molar-refractivity contribution in [2.45, 2.75) is 64.5 Å². The molecule has 2 heterocycles. The van der Waals surface area contributed by atoms with Gasteiger partial charge in [0, 0.05) is 12.1 Å². The number of piperidine rings is 1. The minimum atomic E-state index is -0.0625. The summed E-state index contributed by atoms with van der Waals surface area (Å²) in [5.41, 5.74) is 0. The van der Waals surface area contributed by atoms with E-state index < -0.39 is 0 Å². The second kappa shape index (κ2) is 5.07. The Bertz CT molecular complexity index is 254. The molecular formula is C13H23NO2. The summed E-state index contributed by atoms with van der Waals surface area (Å²) >= 11 is 0. The van der Waals surface area contributed by atoms with Crippen LogP contribution in [0.3, 0.4) is 0 Å². The molecule has 2 fully saturated rings. The third-order valence-electron chi connectivity index (χ3n) is 4.02. The van der Waals surface area contributed by atoms with Gasteiger partial charge >= 0.3 is 6.09 Å². The smallest absolute Gasteiger partial charge is 0.410 e. The van der Waals surface area contributed by atoms with Crippen molar-refractivity contribution in [3.05, 3.63) is 0 Å². The standard InChI is InChI=1S/C13H23NO2/c1-3-4-8-16-13(15)14-11-6-5-7-12(14)10(2)9-11/h10-12H,3-9H2,1-2H3. The number of nitrogens with zero attached hydrogens (tertiary/aromatic N) is 1. The van der Waals surface area contributed by atoms with Crippen molar-refractivity contribution in [2.24, 2.45) is 5.92 Å². The summed E-state index contributed by atoms with van der Waals surface area (Å²) in [5, 5.41) is 0. The first-order chi connectivity index (χ1) is 7.74. The Kier molecular flexibility index (Phi) is 3.72. The van der Waals surface area contributed by atoms with Gasteiger partial charge in [-0.2, -0.15) is 0 Å². The highest BCUT2D eigenvalue weighted by molar-refractivity contribution is 5.69. The average molecular weight is 225 g/mol. The fourth-order valence-corrected chi connectivity index (χ4v) is 3.15. The molecule has 3 heteroatoms. The molecule has 0 radical (unpaired) electrons. The third-order valence-corrected chi connectivity index (χ3v) is 4.02. The Balaban J connectivity index is 1.91. The van der Waals surface area contributed by atoms with Crippen LogP contribution in [0.15, 0.2) is 0 Å². The maximum atomic E-state index is 12.0. The Labute approximate surface area is 98.1 Å². The van der Waals surface area contributed by atoms with Gasteiger partial charge in [-0.05, 0) is 38.0 Å². The lowest BCUT2D eigenvalue weighted by molar-refractivity contribution is 0.0657. The van der Waals surface area contributed by atoms with Gasteiger partial charge in [-0.1, -0.05) is 20.3 Å². The van der Waals surface area contributed by atoms with Gasteiger partial charge in [0.15, 0.2) is 0 Å². The SMILES string of the molecule is CCCCOC(=O)N1C2CCCC1C(C)C2. The number of carbonyl (C=O) groups is 1. The van der Waals surface area contributed by atoms with Crippen LogP contribution >= 0.6 is 0 Å². The second-order valence-corrected chi connectivity index (χ2v) is 5.24. The van der Waals surface area contributed by atoms with Crippen molar-refractivity contribution >= 4 is 6.09 Å². The lowest BCUT2D eigenvalue weighted by Crippen LogP contribution is -2.45. The molecule has 3 atom stereocenters. The molecule has 0 aromatic rings. The molecule has 3 unspecified atom stereocenters. The molecule has 2 bridgehead atoms. The molecule has 2 aliphatic heterocycles. The van der Waals surface area contributed by atoms with Gasteiger partial charge in [0.2, 0.25) is 0 Å². The van der Waals surface area contributed by atoms with E-state index in [1.54, 1.807) is 0 Å². The molecular weight excluding hydrogens is 202 g/mol. The summed E-state index contributed by atoms with van der Waals surface area (Å²) in [6.45, 7) is 4.96. The van der Waals surface area contributed by atoms with Crippen molar-refractivity contribution in [3.8, 4) is 0 Å². The summed E-state index contributed by atoms with van der Waals surface area (Å²) in [7, 11) is 0. The zero-order chi connectivity index (χ0) is 11.5. The van der Waals surface area contributed by atoms with Gasteiger partial charge in [-0.15, -0.1) is 0 Å². The highest BCUT2D eigenvalue weighted by Crippen LogP contribution is 2.39. The number of ether oxygens (including phenoxy) is 1. The van der Waals surface area contributed by atoms with Crippen LogP contribution in [0.25, 0.3) is 0 Å². The minimum Gasteiger partial charge on any atom is -0.449 e. The Hall–Kier alpha value is -0.730. The highest BCUT2D eigenvalue weighted by Gasteiger charge is 2.44. The number of hydrogen-bond acceptors (Lipinski definition) is 2. The van der Waals surface area contributed by atoms with Crippen molar-refractivity contribution in [1.29, 1.82) is 0 Å². The largest absolute Gasteiger partial charge is 0.449 e. The van der Waals surface area contributed by atoms with Crippen LogP contribution in [-0.2, 0) is 4.74 Å². The third kappa shape index (κ3) is 2.18. The number of rotatable bonds is 3. The molecule has 0 spiro atoms. The van der Waals surface area contributed by atoms with Gasteiger partial charge in [0.25, 0.3) is 0 Å². The summed E-state index contributed by atoms with van der Waals surface area (Å²) in [4.78, 5) is 14.0. The molecule has 0 aromatic carbocycles. The summed E-state index contributed by atoms with van der Waals surface area (Å²) in [6, 6.07) is 0.913. The fourth-order valence-electron chi connectivity index (χ4n) is 3.15. The van der Waals surface area contributed by atoms with Crippen LogP contribution in [0.5, 0.6) is 0 Å². The Morgan fingerprint density at radius 3 is 2.94 bits per heavy atom. The molecule has 0 saturated carbocycles. The molecule has 0 aliphatic carbocycles. The average Bonchev–Trinajstić information content (AvgIpc) is 2.46. The summed E-state index contributed by atoms with van der Waals surface area (Å²) in [5.74, 6) is 0.659. The zero-order valence-electron chi connectivity index (χ0n) is 10.4. The molecule has 92 valence electrons. The number of amides is 1. The number of unbranched alkanes of at least 4 members (excludes halogenated alkanes) is 1. The number of fused-ring (bicyclic) bond motifs is 2. The Morgan fingerprint density at radius 2 is 2.25 bits per heavy atom. The minimum absolute atomic E-state index is 0.0625. The predicted molar refractivity (Wildman–Crippen MR) is 63.3 cm³/mol. The van der Waals surface area contributed by atoms with Gasteiger partial charge in [-0.3, -0.25) is 0 Å². The van der Waals surface area contributed by atoms with E-state index in [1.807, 2.05) is 4.90 Å². The first-order valence-electron chi connectivity index (χ1n) is 6.69. The predicted octanol–water partition coefficient (Wildman–Crippen LogP) is 3.19. The van der Waals surface area contributed by atoms with Crippen LogP contribution in [-0.4, -0.2) is 29.7 Å². The van der Waals surface area contributed by atoms with Crippen molar-refractivity contribution in [1.82, 2.24) is 4.90 Å². The van der Waals surface area contributed by atoms with Crippen LogP contribution in [0, 0.1) is 5.92 Å². The first kappa shape index (κ1) is 11.7. The molecule has 16 heavy (non-hydrogen) atoms. The van der Waals surface area contributed by atoms with Crippen molar-refractivity contribution < 1.29 is 9.53 Å². The maximum Gasteiger partial charge on any atom is 0.410 e. The maximum absolute atomic E-state index is 12.0. The lowest BCUT2D eigenvalue weighted by atomic mass is 10.00. The van der Waals surface area contributed by atoms with Crippen molar-refractivity contribution in [3.63, 3.8) is 0 Å². The molecule has 1 amide bonds. The number of carbonyl (C=O) groups excluding carboxylic acids is 1. The Morgan fingerprint density at radius 1 is 1.44 bits per heavy atom. The topological polar surface area (TPSA) is 29.5 Å². The normalized spacial score (nSPS) is 32.9. The second-order valence-electron chi connectivity index (χ2n) is 5.24. The van der Waals surface area contributed by atoms with E-state index >= 15 is 0 Å². The molecule has 2 aliphatic rings. The van der Waals surface area contributed by atoms with Crippen LogP contribution in [0.2, 0.25) is 0 Å². The monoisotopic (exact) mass is 225 g/mol. The quantitative estimate of drug-likeness (QED) is 0.690. The van der Waals surface area contributed by atoms with E-state index in [1.165, 1.54) is 25.7 Å². The van der Waals surface area contributed by atoms with E-state index in [2.05, 4.69) is 13.8 Å². The van der Waals surface area contributed by atoms with Gasteiger partial charge in [-0.25, -0.2) is 4.79 Å². The fraction of sp³-hybridized carbons (Fsp3) is 0.923. The molecule has 3 nitrogen and oxygen atoms in total. The van der Waals surface area contributed by atoms with E-state index in [9.17, 15) is 4.79 Å². The van der Waals surface area contributed by atoms with E-state index in [0.717, 1.165) is 12.8 Å². The first-order valence-corrected chi connectivity index (χ1v) is 6.69. The summed E-state index contributed by atoms with van der Waals surface area (Å²) < 4.78 is 5.34. The van der Waals surface area contributed by atoms with E-state index in [4.69, 9.17) is 4.74 Å². The van der Waals surface area contributed by atoms with E-state index in [0.29, 0.717) is 24.6 Å². The lowest BCUT2D eigenvalue weighted by Gasteiger charge is -2.34. The number of hydrogen-bond donors (Lipinski definition) is 0.